The Morgan fingerprint density at radius 1 is 1.06 bits per heavy atom. The minimum absolute atomic E-state index is 0.0670. The summed E-state index contributed by atoms with van der Waals surface area (Å²) < 4.78 is 37.9. The van der Waals surface area contributed by atoms with E-state index in [1.54, 1.807) is 41.5 Å². The highest BCUT2D eigenvalue weighted by Gasteiger charge is 2.33. The van der Waals surface area contributed by atoms with Crippen molar-refractivity contribution in [3.8, 4) is 0 Å². The van der Waals surface area contributed by atoms with Crippen molar-refractivity contribution in [1.82, 2.24) is 20.2 Å². The lowest BCUT2D eigenvalue weighted by Gasteiger charge is -2.10. The van der Waals surface area contributed by atoms with Crippen LogP contribution in [-0.2, 0) is 12.7 Å². The average Bonchev–Trinajstić information content (AvgIpc) is 3.29. The summed E-state index contributed by atoms with van der Waals surface area (Å²) in [7, 11) is 0. The van der Waals surface area contributed by atoms with Gasteiger partial charge in [0.1, 0.15) is 17.8 Å². The number of H-pyrrole nitrogens is 1. The second kappa shape index (κ2) is 8.57. The fraction of sp³-hybridized carbons (Fsp3) is 0.0952. The highest BCUT2D eigenvalue weighted by molar-refractivity contribution is 6.04. The fourth-order valence-electron chi connectivity index (χ4n) is 3.07. The highest BCUT2D eigenvalue weighted by Crippen LogP contribution is 2.28. The summed E-state index contributed by atoms with van der Waals surface area (Å²) in [6, 6.07) is 12.0. The molecule has 9 nitrogen and oxygen atoms in total. The summed E-state index contributed by atoms with van der Waals surface area (Å²) in [5.74, 6) is -1.42. The smallest absolute Gasteiger partial charge is 0.432 e. The van der Waals surface area contributed by atoms with Gasteiger partial charge in [-0.1, -0.05) is 18.2 Å². The Hall–Kier alpha value is -4.48. The number of fused-ring (bicyclic) bond motifs is 1. The largest absolute Gasteiger partial charge is 0.478 e. The lowest BCUT2D eigenvalue weighted by atomic mass is 10.1. The molecule has 0 spiro atoms. The van der Waals surface area contributed by atoms with E-state index in [2.05, 4.69) is 25.7 Å². The lowest BCUT2D eigenvalue weighted by molar-refractivity contribution is -0.141. The number of hydrogen-bond donors (Lipinski definition) is 4. The molecule has 2 aromatic heterocycles. The molecule has 4 N–H and O–H groups in total. The first-order valence-corrected chi connectivity index (χ1v) is 9.46. The Labute approximate surface area is 183 Å². The fourth-order valence-corrected chi connectivity index (χ4v) is 3.07. The molecular formula is C21H15F3N6O3. The zero-order valence-electron chi connectivity index (χ0n) is 16.6. The van der Waals surface area contributed by atoms with Gasteiger partial charge in [0, 0.05) is 23.7 Å². The molecule has 12 heteroatoms. The summed E-state index contributed by atoms with van der Waals surface area (Å²) >= 11 is 0. The molecule has 33 heavy (non-hydrogen) atoms. The van der Waals surface area contributed by atoms with E-state index >= 15 is 0 Å². The number of carbonyl (C=O) groups excluding carboxylic acids is 1. The van der Waals surface area contributed by atoms with Crippen LogP contribution in [0.3, 0.4) is 0 Å². The number of alkyl halides is 3. The number of nitrogens with zero attached hydrogens (tertiary/aromatic N) is 3. The van der Waals surface area contributed by atoms with E-state index in [4.69, 9.17) is 0 Å². The van der Waals surface area contributed by atoms with E-state index in [9.17, 15) is 27.9 Å². The molecular weight excluding hydrogens is 441 g/mol. The minimum Gasteiger partial charge on any atom is -0.478 e. The molecule has 0 radical (unpaired) electrons. The van der Waals surface area contributed by atoms with Gasteiger partial charge in [-0.3, -0.25) is 9.89 Å². The van der Waals surface area contributed by atoms with Crippen LogP contribution in [0.4, 0.5) is 24.7 Å². The van der Waals surface area contributed by atoms with Crippen molar-refractivity contribution in [2.45, 2.75) is 12.7 Å². The maximum atomic E-state index is 12.6. The number of carboxylic acids is 1. The van der Waals surface area contributed by atoms with Gasteiger partial charge in [-0.05, 0) is 29.8 Å². The second-order valence-corrected chi connectivity index (χ2v) is 6.90. The van der Waals surface area contributed by atoms with E-state index in [-0.39, 0.29) is 11.3 Å². The number of benzene rings is 2. The Morgan fingerprint density at radius 3 is 2.48 bits per heavy atom. The molecule has 0 bridgehead atoms. The molecule has 168 valence electrons. The van der Waals surface area contributed by atoms with Crippen LogP contribution in [0.1, 0.15) is 32.1 Å². The van der Waals surface area contributed by atoms with Crippen molar-refractivity contribution in [1.29, 1.82) is 0 Å². The Bertz CT molecular complexity index is 1340. The van der Waals surface area contributed by atoms with Gasteiger partial charge in [0.15, 0.2) is 5.69 Å². The van der Waals surface area contributed by atoms with Gasteiger partial charge in [-0.15, -0.1) is 0 Å². The van der Waals surface area contributed by atoms with E-state index in [1.165, 1.54) is 12.4 Å². The number of halogens is 3. The standard InChI is InChI=1S/C21H15F3N6O3/c22-21(23,24)16-8-15(29-30-16)19(31)28-12-6-4-11(5-7-12)9-25-18-13-2-1-3-14(20(32)33)17(13)26-10-27-18/h1-8,10H,9H2,(H,28,31)(H,29,30)(H,32,33)(H,25,26,27). The first-order valence-electron chi connectivity index (χ1n) is 9.46. The van der Waals surface area contributed by atoms with Gasteiger partial charge >= 0.3 is 12.1 Å². The number of aromatic carboxylic acids is 1. The first kappa shape index (κ1) is 21.7. The number of hydrogen-bond acceptors (Lipinski definition) is 6. The average molecular weight is 456 g/mol. The maximum absolute atomic E-state index is 12.6. The van der Waals surface area contributed by atoms with Crippen molar-refractivity contribution in [3.63, 3.8) is 0 Å². The zero-order chi connectivity index (χ0) is 23.6. The van der Waals surface area contributed by atoms with Crippen LogP contribution in [-0.4, -0.2) is 37.1 Å². The number of aromatic amines is 1. The van der Waals surface area contributed by atoms with Crippen molar-refractivity contribution in [2.75, 3.05) is 10.6 Å². The van der Waals surface area contributed by atoms with E-state index in [0.29, 0.717) is 35.0 Å². The predicted octanol–water partition coefficient (Wildman–Crippen LogP) is 3.93. The topological polar surface area (TPSA) is 133 Å². The van der Waals surface area contributed by atoms with Gasteiger partial charge in [-0.2, -0.15) is 18.3 Å². The van der Waals surface area contributed by atoms with Gasteiger partial charge in [0.25, 0.3) is 5.91 Å². The van der Waals surface area contributed by atoms with Crippen LogP contribution in [0.5, 0.6) is 0 Å². The molecule has 0 saturated carbocycles. The van der Waals surface area contributed by atoms with Crippen LogP contribution in [0, 0.1) is 0 Å². The molecule has 2 aromatic carbocycles. The van der Waals surface area contributed by atoms with E-state index < -0.39 is 23.7 Å². The monoisotopic (exact) mass is 456 g/mol. The molecule has 0 aliphatic carbocycles. The number of carboxylic acid groups (broad SMARTS) is 1. The normalized spacial score (nSPS) is 11.4. The molecule has 4 aromatic rings. The van der Waals surface area contributed by atoms with Crippen molar-refractivity contribution < 1.29 is 27.9 Å². The summed E-state index contributed by atoms with van der Waals surface area (Å²) in [4.78, 5) is 31.7. The Morgan fingerprint density at radius 2 is 1.82 bits per heavy atom. The molecule has 0 saturated heterocycles. The number of amides is 1. The van der Waals surface area contributed by atoms with Crippen molar-refractivity contribution >= 4 is 34.3 Å². The molecule has 0 aliphatic rings. The second-order valence-electron chi connectivity index (χ2n) is 6.90. The molecule has 4 rings (SSSR count). The molecule has 1 amide bonds. The quantitative estimate of drug-likeness (QED) is 0.345. The number of para-hydroxylation sites is 1. The summed E-state index contributed by atoms with van der Waals surface area (Å²) in [6.45, 7) is 0.339. The zero-order valence-corrected chi connectivity index (χ0v) is 16.6. The molecule has 0 atom stereocenters. The van der Waals surface area contributed by atoms with E-state index in [1.807, 2.05) is 0 Å². The lowest BCUT2D eigenvalue weighted by Crippen LogP contribution is -2.12. The predicted molar refractivity (Wildman–Crippen MR) is 112 cm³/mol. The summed E-state index contributed by atoms with van der Waals surface area (Å²) in [6.07, 6.45) is -3.35. The van der Waals surface area contributed by atoms with Crippen LogP contribution >= 0.6 is 0 Å². The third-order valence-corrected chi connectivity index (χ3v) is 4.68. The van der Waals surface area contributed by atoms with Gasteiger partial charge in [0.05, 0.1) is 11.1 Å². The SMILES string of the molecule is O=C(Nc1ccc(CNc2ncnc3c(C(=O)O)cccc23)cc1)c1cc(C(F)(F)F)[nH]n1. The van der Waals surface area contributed by atoms with Crippen LogP contribution < -0.4 is 10.6 Å². The van der Waals surface area contributed by atoms with Crippen molar-refractivity contribution in [2.24, 2.45) is 0 Å². The third-order valence-electron chi connectivity index (χ3n) is 4.68. The maximum Gasteiger partial charge on any atom is 0.432 e. The van der Waals surface area contributed by atoms with Crippen LogP contribution in [0.15, 0.2) is 54.9 Å². The third kappa shape index (κ3) is 4.74. The number of anilines is 2. The number of aromatic nitrogens is 4. The number of rotatable bonds is 6. The first-order chi connectivity index (χ1) is 15.7. The van der Waals surface area contributed by atoms with Crippen molar-refractivity contribution in [3.05, 3.63) is 77.4 Å². The Balaban J connectivity index is 1.42. The van der Waals surface area contributed by atoms with Gasteiger partial charge in [-0.25, -0.2) is 14.8 Å². The van der Waals surface area contributed by atoms with Crippen LogP contribution in [0.2, 0.25) is 0 Å². The highest BCUT2D eigenvalue weighted by atomic mass is 19.4. The Kier molecular flexibility index (Phi) is 5.65. The summed E-state index contributed by atoms with van der Waals surface area (Å²) in [5.41, 5.74) is 0.0725. The van der Waals surface area contributed by atoms with Gasteiger partial charge in [0.2, 0.25) is 0 Å². The molecule has 0 aliphatic heterocycles. The van der Waals surface area contributed by atoms with Crippen LogP contribution in [0.25, 0.3) is 10.9 Å². The number of carbonyl (C=O) groups is 2. The van der Waals surface area contributed by atoms with E-state index in [0.717, 1.165) is 5.56 Å². The molecule has 0 fully saturated rings. The number of nitrogens with one attached hydrogen (secondary N) is 3. The molecule has 2 heterocycles. The molecule has 0 unspecified atom stereocenters. The van der Waals surface area contributed by atoms with Gasteiger partial charge < -0.3 is 15.7 Å². The summed E-state index contributed by atoms with van der Waals surface area (Å²) in [5, 5.41) is 20.6. The minimum atomic E-state index is -4.62.